The van der Waals surface area contributed by atoms with Gasteiger partial charge in [0.15, 0.2) is 0 Å². The highest BCUT2D eigenvalue weighted by atomic mass is 32.2. The van der Waals surface area contributed by atoms with E-state index in [1.165, 1.54) is 10.9 Å². The number of nitrogens with zero attached hydrogens (tertiary/aromatic N) is 2. The summed E-state index contributed by atoms with van der Waals surface area (Å²) in [7, 11) is -1.81. The van der Waals surface area contributed by atoms with Gasteiger partial charge in [0.05, 0.1) is 6.61 Å². The number of nitrogens with one attached hydrogen (secondary N) is 1. The third kappa shape index (κ3) is 3.80. The van der Waals surface area contributed by atoms with Crippen molar-refractivity contribution in [2.75, 3.05) is 26.8 Å². The summed E-state index contributed by atoms with van der Waals surface area (Å²) >= 11 is 0. The van der Waals surface area contributed by atoms with E-state index in [2.05, 4.69) is 27.5 Å². The fourth-order valence-electron chi connectivity index (χ4n) is 3.35. The van der Waals surface area contributed by atoms with Crippen molar-refractivity contribution in [1.82, 2.24) is 13.6 Å². The molecule has 1 aromatic heterocycles. The predicted molar refractivity (Wildman–Crippen MR) is 95.1 cm³/mol. The largest absolute Gasteiger partial charge is 0.383 e. The quantitative estimate of drug-likeness (QED) is 0.740. The lowest BCUT2D eigenvalue weighted by Crippen LogP contribution is -2.45. The first-order valence-corrected chi connectivity index (χ1v) is 9.85. The van der Waals surface area contributed by atoms with Crippen LogP contribution in [0.5, 0.6) is 0 Å². The molecule has 0 bridgehead atoms. The molecule has 1 atom stereocenters. The van der Waals surface area contributed by atoms with Gasteiger partial charge in [-0.15, -0.1) is 0 Å². The number of hydrogen-bond donors (Lipinski definition) is 1. The SMILES string of the molecule is COC[C@@H]1CCCN1S(=O)(=O)NCCCn1ccc2ccccc21. The van der Waals surface area contributed by atoms with Crippen LogP contribution < -0.4 is 4.72 Å². The first-order valence-electron chi connectivity index (χ1n) is 8.41. The van der Waals surface area contributed by atoms with Crippen LogP contribution in [0.4, 0.5) is 0 Å². The maximum Gasteiger partial charge on any atom is 0.279 e. The van der Waals surface area contributed by atoms with Crippen molar-refractivity contribution in [3.63, 3.8) is 0 Å². The second-order valence-electron chi connectivity index (χ2n) is 6.18. The Labute approximate surface area is 143 Å². The summed E-state index contributed by atoms with van der Waals surface area (Å²) in [5.41, 5.74) is 1.18. The standard InChI is InChI=1S/C17H25N3O3S/c1-23-14-16-7-4-12-20(16)24(21,22)18-10-5-11-19-13-9-15-6-2-3-8-17(15)19/h2-3,6,8-9,13,16,18H,4-5,7,10-12,14H2,1H3/t16-/m0/s1. The van der Waals surface area contributed by atoms with Crippen LogP contribution in [0.3, 0.4) is 0 Å². The lowest BCUT2D eigenvalue weighted by molar-refractivity contribution is 0.148. The maximum absolute atomic E-state index is 12.4. The molecule has 3 rings (SSSR count). The topological polar surface area (TPSA) is 63.6 Å². The van der Waals surface area contributed by atoms with Crippen LogP contribution in [0.1, 0.15) is 19.3 Å². The summed E-state index contributed by atoms with van der Waals surface area (Å²) in [6, 6.07) is 10.2. The van der Waals surface area contributed by atoms with Crippen molar-refractivity contribution < 1.29 is 13.2 Å². The van der Waals surface area contributed by atoms with Crippen molar-refractivity contribution >= 4 is 21.1 Å². The fourth-order valence-corrected chi connectivity index (χ4v) is 4.85. The second kappa shape index (κ2) is 7.65. The van der Waals surface area contributed by atoms with Gasteiger partial charge in [-0.05, 0) is 36.8 Å². The molecule has 1 aliphatic rings. The average Bonchev–Trinajstić information content (AvgIpc) is 3.19. The van der Waals surface area contributed by atoms with E-state index < -0.39 is 10.2 Å². The van der Waals surface area contributed by atoms with Crippen molar-refractivity contribution in [1.29, 1.82) is 0 Å². The molecule has 24 heavy (non-hydrogen) atoms. The van der Waals surface area contributed by atoms with E-state index in [-0.39, 0.29) is 6.04 Å². The van der Waals surface area contributed by atoms with E-state index in [1.54, 1.807) is 11.4 Å². The van der Waals surface area contributed by atoms with Gasteiger partial charge in [0, 0.05) is 44.5 Å². The minimum absolute atomic E-state index is 0.0408. The van der Waals surface area contributed by atoms with Gasteiger partial charge in [0.1, 0.15) is 0 Å². The van der Waals surface area contributed by atoms with Gasteiger partial charge in [-0.25, -0.2) is 4.72 Å². The van der Waals surface area contributed by atoms with Gasteiger partial charge >= 0.3 is 0 Å². The van der Waals surface area contributed by atoms with E-state index >= 15 is 0 Å². The third-order valence-corrected chi connectivity index (χ3v) is 6.20. The summed E-state index contributed by atoms with van der Waals surface area (Å²) in [5.74, 6) is 0. The lowest BCUT2D eigenvalue weighted by atomic mass is 10.2. The van der Waals surface area contributed by atoms with Crippen LogP contribution in [0, 0.1) is 0 Å². The Morgan fingerprint density at radius 1 is 1.29 bits per heavy atom. The number of aromatic nitrogens is 1. The van der Waals surface area contributed by atoms with Crippen LogP contribution in [0.25, 0.3) is 10.9 Å². The molecule has 0 radical (unpaired) electrons. The van der Waals surface area contributed by atoms with Gasteiger partial charge in [-0.2, -0.15) is 12.7 Å². The number of para-hydroxylation sites is 1. The van der Waals surface area contributed by atoms with E-state index in [9.17, 15) is 8.42 Å². The third-order valence-electron chi connectivity index (χ3n) is 4.53. The highest BCUT2D eigenvalue weighted by Gasteiger charge is 2.33. The molecule has 7 heteroatoms. The monoisotopic (exact) mass is 351 g/mol. The van der Waals surface area contributed by atoms with E-state index in [0.29, 0.717) is 19.7 Å². The lowest BCUT2D eigenvalue weighted by Gasteiger charge is -2.23. The van der Waals surface area contributed by atoms with Gasteiger partial charge in [0.2, 0.25) is 0 Å². The van der Waals surface area contributed by atoms with Gasteiger partial charge in [-0.1, -0.05) is 18.2 Å². The van der Waals surface area contributed by atoms with Crippen LogP contribution >= 0.6 is 0 Å². The first-order chi connectivity index (χ1) is 11.6. The molecule has 0 saturated carbocycles. The normalized spacial score (nSPS) is 19.3. The molecule has 6 nitrogen and oxygen atoms in total. The molecule has 2 heterocycles. The summed E-state index contributed by atoms with van der Waals surface area (Å²) < 4.78 is 36.5. The highest BCUT2D eigenvalue weighted by Crippen LogP contribution is 2.20. The number of fused-ring (bicyclic) bond motifs is 1. The minimum Gasteiger partial charge on any atom is -0.383 e. The number of benzene rings is 1. The summed E-state index contributed by atoms with van der Waals surface area (Å²) in [4.78, 5) is 0. The zero-order valence-corrected chi connectivity index (χ0v) is 14.8. The summed E-state index contributed by atoms with van der Waals surface area (Å²) in [6.07, 6.45) is 4.56. The average molecular weight is 351 g/mol. The molecule has 0 spiro atoms. The Hall–Kier alpha value is -1.41. The fraction of sp³-hybridized carbons (Fsp3) is 0.529. The van der Waals surface area contributed by atoms with Crippen molar-refractivity contribution in [2.24, 2.45) is 0 Å². The zero-order valence-electron chi connectivity index (χ0n) is 14.0. The van der Waals surface area contributed by atoms with E-state index in [4.69, 9.17) is 4.74 Å². The molecular weight excluding hydrogens is 326 g/mol. The van der Waals surface area contributed by atoms with Gasteiger partial charge < -0.3 is 9.30 Å². The van der Waals surface area contributed by atoms with Crippen LogP contribution in [0.2, 0.25) is 0 Å². The minimum atomic E-state index is -3.42. The molecule has 1 N–H and O–H groups in total. The number of methoxy groups -OCH3 is 1. The molecule has 1 fully saturated rings. The number of ether oxygens (including phenoxy) is 1. The Morgan fingerprint density at radius 3 is 2.96 bits per heavy atom. The number of hydrogen-bond acceptors (Lipinski definition) is 3. The van der Waals surface area contributed by atoms with Crippen molar-refractivity contribution in [2.45, 2.75) is 31.8 Å². The Bertz CT molecular complexity index is 772. The number of rotatable bonds is 8. The molecule has 0 aliphatic carbocycles. The van der Waals surface area contributed by atoms with Crippen molar-refractivity contribution in [3.8, 4) is 0 Å². The molecule has 132 valence electrons. The molecule has 1 aromatic carbocycles. The highest BCUT2D eigenvalue weighted by molar-refractivity contribution is 7.87. The summed E-state index contributed by atoms with van der Waals surface area (Å²) in [5, 5.41) is 1.21. The van der Waals surface area contributed by atoms with E-state index in [0.717, 1.165) is 25.8 Å². The maximum atomic E-state index is 12.4. The molecule has 0 amide bonds. The molecule has 1 saturated heterocycles. The number of aryl methyl sites for hydroxylation is 1. The molecule has 2 aromatic rings. The van der Waals surface area contributed by atoms with Crippen molar-refractivity contribution in [3.05, 3.63) is 36.5 Å². The van der Waals surface area contributed by atoms with E-state index in [1.807, 2.05) is 18.3 Å². The zero-order chi connectivity index (χ0) is 17.0. The van der Waals surface area contributed by atoms with Gasteiger partial charge in [0.25, 0.3) is 10.2 Å². The Balaban J connectivity index is 1.52. The summed E-state index contributed by atoms with van der Waals surface area (Å²) in [6.45, 7) is 2.25. The predicted octanol–water partition coefficient (Wildman–Crippen LogP) is 1.98. The Morgan fingerprint density at radius 2 is 2.12 bits per heavy atom. The second-order valence-corrected chi connectivity index (χ2v) is 7.89. The smallest absolute Gasteiger partial charge is 0.279 e. The molecule has 1 aliphatic heterocycles. The molecule has 0 unspecified atom stereocenters. The van der Waals surface area contributed by atoms with Crippen LogP contribution in [-0.2, 0) is 21.5 Å². The Kier molecular flexibility index (Phi) is 5.55. The first kappa shape index (κ1) is 17.4. The van der Waals surface area contributed by atoms with Gasteiger partial charge in [-0.3, -0.25) is 0 Å². The van der Waals surface area contributed by atoms with Crippen LogP contribution in [-0.4, -0.2) is 50.1 Å². The van der Waals surface area contributed by atoms with Crippen LogP contribution in [0.15, 0.2) is 36.5 Å². The molecular formula is C17H25N3O3S.